The maximum Gasteiger partial charge on any atom is 0.279 e. The molecule has 0 radical (unpaired) electrons. The Labute approximate surface area is 137 Å². The van der Waals surface area contributed by atoms with Crippen molar-refractivity contribution >= 4 is 23.2 Å². The third kappa shape index (κ3) is 4.56. The summed E-state index contributed by atoms with van der Waals surface area (Å²) in [7, 11) is 0. The summed E-state index contributed by atoms with van der Waals surface area (Å²) < 4.78 is 5.45. The average Bonchev–Trinajstić information content (AvgIpc) is 2.99. The van der Waals surface area contributed by atoms with Crippen molar-refractivity contribution in [3.8, 4) is 11.8 Å². The SMILES string of the molecule is Cc1ccc(C(=O)NNC(=O)C(C)Oc2ccc(C#N)cc2)s1. The summed E-state index contributed by atoms with van der Waals surface area (Å²) in [6.45, 7) is 3.46. The van der Waals surface area contributed by atoms with E-state index in [4.69, 9.17) is 10.00 Å². The van der Waals surface area contributed by atoms with Gasteiger partial charge in [-0.1, -0.05) is 0 Å². The minimum absolute atomic E-state index is 0.373. The van der Waals surface area contributed by atoms with Gasteiger partial charge in [-0.05, 0) is 50.2 Å². The van der Waals surface area contributed by atoms with Gasteiger partial charge >= 0.3 is 0 Å². The third-order valence-electron chi connectivity index (χ3n) is 2.93. The van der Waals surface area contributed by atoms with Crippen LogP contribution in [-0.4, -0.2) is 17.9 Å². The normalized spacial score (nSPS) is 11.2. The Morgan fingerprint density at radius 3 is 2.43 bits per heavy atom. The minimum Gasteiger partial charge on any atom is -0.481 e. The number of hydrogen-bond acceptors (Lipinski definition) is 5. The van der Waals surface area contributed by atoms with Crippen LogP contribution in [0.15, 0.2) is 36.4 Å². The topological polar surface area (TPSA) is 91.2 Å². The van der Waals surface area contributed by atoms with Gasteiger partial charge in [-0.25, -0.2) is 0 Å². The molecule has 2 N–H and O–H groups in total. The summed E-state index contributed by atoms with van der Waals surface area (Å²) in [5.74, 6) is -0.384. The van der Waals surface area contributed by atoms with E-state index < -0.39 is 12.0 Å². The van der Waals surface area contributed by atoms with Crippen molar-refractivity contribution in [3.63, 3.8) is 0 Å². The third-order valence-corrected chi connectivity index (χ3v) is 3.93. The molecule has 0 aliphatic rings. The van der Waals surface area contributed by atoms with Gasteiger partial charge in [0.05, 0.1) is 16.5 Å². The first kappa shape index (κ1) is 16.5. The van der Waals surface area contributed by atoms with E-state index in [0.717, 1.165) is 4.88 Å². The van der Waals surface area contributed by atoms with Crippen molar-refractivity contribution in [1.29, 1.82) is 5.26 Å². The molecule has 6 nitrogen and oxygen atoms in total. The Bertz CT molecular complexity index is 747. The fraction of sp³-hybridized carbons (Fsp3) is 0.188. The van der Waals surface area contributed by atoms with E-state index in [9.17, 15) is 9.59 Å². The van der Waals surface area contributed by atoms with Crippen molar-refractivity contribution in [2.45, 2.75) is 20.0 Å². The van der Waals surface area contributed by atoms with Crippen LogP contribution in [0.25, 0.3) is 0 Å². The zero-order chi connectivity index (χ0) is 16.8. The first-order valence-corrected chi connectivity index (χ1v) is 7.64. The highest BCUT2D eigenvalue weighted by Crippen LogP contribution is 2.15. The molecule has 0 saturated heterocycles. The van der Waals surface area contributed by atoms with Gasteiger partial charge in [-0.2, -0.15) is 5.26 Å². The predicted molar refractivity (Wildman–Crippen MR) is 85.9 cm³/mol. The number of ether oxygens (including phenoxy) is 1. The molecule has 0 fully saturated rings. The molecular formula is C16H15N3O3S. The number of thiophene rings is 1. The van der Waals surface area contributed by atoms with Gasteiger partial charge < -0.3 is 4.74 Å². The number of carbonyl (C=O) groups excluding carboxylic acids is 2. The number of nitrogens with one attached hydrogen (secondary N) is 2. The van der Waals surface area contributed by atoms with E-state index in [0.29, 0.717) is 16.2 Å². The summed E-state index contributed by atoms with van der Waals surface area (Å²) in [6.07, 6.45) is -0.798. The zero-order valence-corrected chi connectivity index (χ0v) is 13.4. The molecule has 0 bridgehead atoms. The second kappa shape index (κ2) is 7.42. The van der Waals surface area contributed by atoms with E-state index in [1.807, 2.05) is 19.1 Å². The first-order valence-electron chi connectivity index (χ1n) is 6.83. The number of nitrogens with zero attached hydrogens (tertiary/aromatic N) is 1. The van der Waals surface area contributed by atoms with Crippen molar-refractivity contribution in [3.05, 3.63) is 51.7 Å². The van der Waals surface area contributed by atoms with Crippen LogP contribution in [0.4, 0.5) is 0 Å². The van der Waals surface area contributed by atoms with Crippen LogP contribution in [-0.2, 0) is 4.79 Å². The molecule has 118 valence electrons. The first-order chi connectivity index (χ1) is 11.0. The van der Waals surface area contributed by atoms with Crippen LogP contribution < -0.4 is 15.6 Å². The molecule has 1 atom stereocenters. The molecule has 2 amide bonds. The smallest absolute Gasteiger partial charge is 0.279 e. The number of rotatable bonds is 4. The summed E-state index contributed by atoms with van der Waals surface area (Å²) in [5, 5.41) is 8.72. The van der Waals surface area contributed by atoms with Gasteiger partial charge in [0, 0.05) is 4.88 Å². The maximum absolute atomic E-state index is 11.9. The molecule has 23 heavy (non-hydrogen) atoms. The predicted octanol–water partition coefficient (Wildman–Crippen LogP) is 2.16. The number of aryl methyl sites for hydroxylation is 1. The van der Waals surface area contributed by atoms with E-state index in [1.54, 1.807) is 37.3 Å². The van der Waals surface area contributed by atoms with Gasteiger partial charge in [-0.15, -0.1) is 11.3 Å². The standard InChI is InChI=1S/C16H15N3O3S/c1-10-3-8-14(23-10)16(21)19-18-15(20)11(2)22-13-6-4-12(9-17)5-7-13/h3-8,11H,1-2H3,(H,18,20)(H,19,21). The lowest BCUT2D eigenvalue weighted by Gasteiger charge is -2.14. The summed E-state index contributed by atoms with van der Waals surface area (Å²) >= 11 is 1.34. The Kier molecular flexibility index (Phi) is 5.33. The fourth-order valence-electron chi connectivity index (χ4n) is 1.70. The molecule has 0 saturated carbocycles. The number of benzene rings is 1. The van der Waals surface area contributed by atoms with E-state index in [2.05, 4.69) is 10.9 Å². The highest BCUT2D eigenvalue weighted by Gasteiger charge is 2.16. The lowest BCUT2D eigenvalue weighted by Crippen LogP contribution is -2.47. The van der Waals surface area contributed by atoms with Gasteiger partial charge in [0.15, 0.2) is 6.10 Å². The van der Waals surface area contributed by atoms with Crippen LogP contribution in [0.1, 0.15) is 27.0 Å². The zero-order valence-electron chi connectivity index (χ0n) is 12.6. The fourth-order valence-corrected chi connectivity index (χ4v) is 2.47. The number of nitriles is 1. The van der Waals surface area contributed by atoms with Crippen LogP contribution in [0, 0.1) is 18.3 Å². The van der Waals surface area contributed by atoms with Crippen molar-refractivity contribution < 1.29 is 14.3 Å². The summed E-state index contributed by atoms with van der Waals surface area (Å²) in [6, 6.07) is 11.9. The highest BCUT2D eigenvalue weighted by atomic mass is 32.1. The van der Waals surface area contributed by atoms with Gasteiger partial charge in [0.1, 0.15) is 5.75 Å². The summed E-state index contributed by atoms with van der Waals surface area (Å²) in [5.41, 5.74) is 5.18. The number of hydrogen-bond donors (Lipinski definition) is 2. The Morgan fingerprint density at radius 2 is 1.87 bits per heavy atom. The molecule has 0 aliphatic heterocycles. The lowest BCUT2D eigenvalue weighted by molar-refractivity contribution is -0.128. The molecule has 1 unspecified atom stereocenters. The molecule has 2 rings (SSSR count). The largest absolute Gasteiger partial charge is 0.481 e. The molecule has 1 heterocycles. The van der Waals surface area contributed by atoms with Crippen LogP contribution >= 0.6 is 11.3 Å². The summed E-state index contributed by atoms with van der Waals surface area (Å²) in [4.78, 5) is 25.3. The molecule has 7 heteroatoms. The Balaban J connectivity index is 1.84. The van der Waals surface area contributed by atoms with Crippen LogP contribution in [0.5, 0.6) is 5.75 Å². The van der Waals surface area contributed by atoms with Crippen molar-refractivity contribution in [1.82, 2.24) is 10.9 Å². The van der Waals surface area contributed by atoms with Crippen molar-refractivity contribution in [2.75, 3.05) is 0 Å². The number of carbonyl (C=O) groups is 2. The van der Waals surface area contributed by atoms with Crippen LogP contribution in [0.2, 0.25) is 0 Å². The van der Waals surface area contributed by atoms with E-state index in [1.165, 1.54) is 11.3 Å². The number of hydrazine groups is 1. The monoisotopic (exact) mass is 329 g/mol. The molecule has 0 spiro atoms. The Morgan fingerprint density at radius 1 is 1.17 bits per heavy atom. The van der Waals surface area contributed by atoms with Crippen LogP contribution in [0.3, 0.4) is 0 Å². The van der Waals surface area contributed by atoms with E-state index in [-0.39, 0.29) is 5.91 Å². The molecule has 1 aromatic heterocycles. The maximum atomic E-state index is 11.9. The van der Waals surface area contributed by atoms with Crippen molar-refractivity contribution in [2.24, 2.45) is 0 Å². The van der Waals surface area contributed by atoms with Gasteiger partial charge in [0.25, 0.3) is 11.8 Å². The lowest BCUT2D eigenvalue weighted by atomic mass is 10.2. The highest BCUT2D eigenvalue weighted by molar-refractivity contribution is 7.13. The molecule has 1 aromatic carbocycles. The molecule has 0 aliphatic carbocycles. The molecule has 2 aromatic rings. The minimum atomic E-state index is -0.798. The average molecular weight is 329 g/mol. The second-order valence-corrected chi connectivity index (χ2v) is 6.04. The van der Waals surface area contributed by atoms with E-state index >= 15 is 0 Å². The second-order valence-electron chi connectivity index (χ2n) is 4.75. The quantitative estimate of drug-likeness (QED) is 0.841. The van der Waals surface area contributed by atoms with Gasteiger partial charge in [-0.3, -0.25) is 20.4 Å². The molecular weight excluding hydrogens is 314 g/mol. The number of amides is 2. The Hall–Kier alpha value is -2.85. The van der Waals surface area contributed by atoms with Gasteiger partial charge in [0.2, 0.25) is 0 Å².